The van der Waals surface area contributed by atoms with Crippen molar-refractivity contribution in [2.75, 3.05) is 13.6 Å². The molecule has 0 spiro atoms. The number of nitrogens with one attached hydrogen (secondary N) is 3. The number of unbranched alkanes of at least 4 members (excludes halogenated alkanes) is 1. The van der Waals surface area contributed by atoms with E-state index in [0.717, 1.165) is 43.9 Å². The van der Waals surface area contributed by atoms with Crippen molar-refractivity contribution in [3.8, 4) is 0 Å². The summed E-state index contributed by atoms with van der Waals surface area (Å²) in [5.74, 6) is 0.755. The van der Waals surface area contributed by atoms with E-state index < -0.39 is 0 Å². The lowest BCUT2D eigenvalue weighted by molar-refractivity contribution is 0.0953. The number of hydrogen-bond acceptors (Lipinski definition) is 3. The smallest absolute Gasteiger partial charge is 0.251 e. The molecule has 0 atom stereocenters. The number of guanidine groups is 1. The zero-order valence-corrected chi connectivity index (χ0v) is 20.0. The Morgan fingerprint density at radius 1 is 0.964 bits per heavy atom. The van der Waals surface area contributed by atoms with Gasteiger partial charge in [0, 0.05) is 35.5 Å². The van der Waals surface area contributed by atoms with Crippen LogP contribution in [-0.4, -0.2) is 25.5 Å². The highest BCUT2D eigenvalue weighted by Crippen LogP contribution is 2.16. The van der Waals surface area contributed by atoms with Gasteiger partial charge in [-0.25, -0.2) is 0 Å². The molecule has 1 aromatic carbocycles. The number of rotatable bonds is 9. The first-order valence-electron chi connectivity index (χ1n) is 9.55. The molecule has 2 aromatic rings. The second-order valence-corrected chi connectivity index (χ2v) is 7.56. The minimum atomic E-state index is -0.0113. The maximum atomic E-state index is 12.0. The van der Waals surface area contributed by atoms with Crippen LogP contribution in [0, 0.1) is 0 Å². The van der Waals surface area contributed by atoms with Crippen LogP contribution in [0.25, 0.3) is 0 Å². The number of aryl methyl sites for hydroxylation is 1. The van der Waals surface area contributed by atoms with E-state index in [1.165, 1.54) is 9.75 Å². The van der Waals surface area contributed by atoms with Gasteiger partial charge in [0.15, 0.2) is 5.96 Å². The second kappa shape index (κ2) is 13.5. The van der Waals surface area contributed by atoms with Gasteiger partial charge in [0.1, 0.15) is 0 Å². The molecule has 1 amide bonds. The SMILES string of the molecule is CCCCNC(=O)c1ccc(CNC(=NC)NCc2ccc(CC)s2)cc1.I. The summed E-state index contributed by atoms with van der Waals surface area (Å²) in [4.78, 5) is 19.0. The highest BCUT2D eigenvalue weighted by molar-refractivity contribution is 14.0. The quantitative estimate of drug-likeness (QED) is 0.202. The number of halogens is 1. The Balaban J connectivity index is 0.00000392. The third-order valence-electron chi connectivity index (χ3n) is 4.21. The number of carbonyl (C=O) groups excluding carboxylic acids is 1. The van der Waals surface area contributed by atoms with Gasteiger partial charge in [-0.1, -0.05) is 32.4 Å². The lowest BCUT2D eigenvalue weighted by Crippen LogP contribution is -2.36. The Kier molecular flexibility index (Phi) is 11.8. The van der Waals surface area contributed by atoms with Crippen molar-refractivity contribution in [3.05, 3.63) is 57.3 Å². The van der Waals surface area contributed by atoms with Crippen molar-refractivity contribution in [1.82, 2.24) is 16.0 Å². The Hall–Kier alpha value is -1.61. The molecule has 1 aromatic heterocycles. The summed E-state index contributed by atoms with van der Waals surface area (Å²) in [5.41, 5.74) is 1.80. The van der Waals surface area contributed by atoms with Crippen molar-refractivity contribution in [3.63, 3.8) is 0 Å². The number of hydrogen-bond donors (Lipinski definition) is 3. The molecule has 0 bridgehead atoms. The number of thiophene rings is 1. The summed E-state index contributed by atoms with van der Waals surface area (Å²) in [7, 11) is 1.77. The molecule has 0 unspecified atom stereocenters. The Morgan fingerprint density at radius 3 is 2.25 bits per heavy atom. The molecule has 2 rings (SSSR count). The molecule has 0 aliphatic carbocycles. The average molecular weight is 514 g/mol. The molecule has 0 aliphatic rings. The van der Waals surface area contributed by atoms with Crippen LogP contribution in [0.4, 0.5) is 0 Å². The molecule has 0 saturated heterocycles. The molecule has 0 aliphatic heterocycles. The van der Waals surface area contributed by atoms with Gasteiger partial charge in [0.2, 0.25) is 0 Å². The predicted molar refractivity (Wildman–Crippen MR) is 130 cm³/mol. The maximum Gasteiger partial charge on any atom is 0.251 e. The molecule has 3 N–H and O–H groups in total. The minimum absolute atomic E-state index is 0. The lowest BCUT2D eigenvalue weighted by atomic mass is 10.1. The van der Waals surface area contributed by atoms with Crippen LogP contribution >= 0.6 is 35.3 Å². The van der Waals surface area contributed by atoms with Gasteiger partial charge in [-0.2, -0.15) is 0 Å². The van der Waals surface area contributed by atoms with E-state index >= 15 is 0 Å². The largest absolute Gasteiger partial charge is 0.352 e. The molecule has 7 heteroatoms. The van der Waals surface area contributed by atoms with Gasteiger partial charge in [0.25, 0.3) is 5.91 Å². The second-order valence-electron chi connectivity index (χ2n) is 6.31. The van der Waals surface area contributed by atoms with Gasteiger partial charge in [-0.15, -0.1) is 35.3 Å². The van der Waals surface area contributed by atoms with Crippen LogP contribution < -0.4 is 16.0 Å². The Labute approximate surface area is 189 Å². The van der Waals surface area contributed by atoms with Gasteiger partial charge >= 0.3 is 0 Å². The van der Waals surface area contributed by atoms with Gasteiger partial charge in [0.05, 0.1) is 6.54 Å². The van der Waals surface area contributed by atoms with E-state index in [2.05, 4.69) is 46.9 Å². The molecule has 0 saturated carbocycles. The fourth-order valence-electron chi connectivity index (χ4n) is 2.54. The predicted octanol–water partition coefficient (Wildman–Crippen LogP) is 4.32. The highest BCUT2D eigenvalue weighted by Gasteiger charge is 2.05. The van der Waals surface area contributed by atoms with Crippen LogP contribution in [0.1, 0.15) is 52.4 Å². The molecule has 0 radical (unpaired) electrons. The highest BCUT2D eigenvalue weighted by atomic mass is 127. The number of nitrogens with zero attached hydrogens (tertiary/aromatic N) is 1. The van der Waals surface area contributed by atoms with Gasteiger partial charge < -0.3 is 16.0 Å². The number of carbonyl (C=O) groups is 1. The molecule has 28 heavy (non-hydrogen) atoms. The van der Waals surface area contributed by atoms with E-state index in [9.17, 15) is 4.79 Å². The lowest BCUT2D eigenvalue weighted by Gasteiger charge is -2.11. The van der Waals surface area contributed by atoms with Crippen LogP contribution in [0.3, 0.4) is 0 Å². The molecular weight excluding hydrogens is 483 g/mol. The first-order valence-corrected chi connectivity index (χ1v) is 10.4. The van der Waals surface area contributed by atoms with Crippen molar-refractivity contribution in [2.24, 2.45) is 4.99 Å². The van der Waals surface area contributed by atoms with E-state index in [1.54, 1.807) is 7.05 Å². The van der Waals surface area contributed by atoms with Crippen molar-refractivity contribution >= 4 is 47.2 Å². The van der Waals surface area contributed by atoms with Crippen LogP contribution in [0.15, 0.2) is 41.4 Å². The number of aliphatic imine (C=N–C) groups is 1. The van der Waals surface area contributed by atoms with Crippen LogP contribution in [0.2, 0.25) is 0 Å². The van der Waals surface area contributed by atoms with E-state index in [-0.39, 0.29) is 29.9 Å². The summed E-state index contributed by atoms with van der Waals surface area (Å²) >= 11 is 1.83. The molecule has 0 fully saturated rings. The molecule has 1 heterocycles. The molecular formula is C21H31IN4OS. The fourth-order valence-corrected chi connectivity index (χ4v) is 3.44. The van der Waals surface area contributed by atoms with E-state index in [1.807, 2.05) is 35.6 Å². The minimum Gasteiger partial charge on any atom is -0.352 e. The normalized spacial score (nSPS) is 10.9. The van der Waals surface area contributed by atoms with Crippen LogP contribution in [0.5, 0.6) is 0 Å². The molecule has 154 valence electrons. The first kappa shape index (κ1) is 24.4. The van der Waals surface area contributed by atoms with Gasteiger partial charge in [-0.05, 0) is 42.7 Å². The number of benzene rings is 1. The summed E-state index contributed by atoms with van der Waals surface area (Å²) in [6.45, 7) is 6.43. The zero-order valence-electron chi connectivity index (χ0n) is 16.9. The number of amides is 1. The third kappa shape index (κ3) is 8.18. The summed E-state index contributed by atoms with van der Waals surface area (Å²) in [6, 6.07) is 12.0. The summed E-state index contributed by atoms with van der Waals surface area (Å²) in [5, 5.41) is 9.58. The Bertz CT molecular complexity index is 743. The standard InChI is InChI=1S/C21H30N4OS.HI/c1-4-6-13-23-20(26)17-9-7-16(8-10-17)14-24-21(22-3)25-15-19-12-11-18(5-2)27-19;/h7-12H,4-6,13-15H2,1-3H3,(H,23,26)(H2,22,24,25);1H. The van der Waals surface area contributed by atoms with Crippen molar-refractivity contribution in [2.45, 2.75) is 46.2 Å². The topological polar surface area (TPSA) is 65.5 Å². The average Bonchev–Trinajstić information content (AvgIpc) is 3.17. The van der Waals surface area contributed by atoms with Crippen molar-refractivity contribution < 1.29 is 4.79 Å². The first-order chi connectivity index (χ1) is 13.2. The monoisotopic (exact) mass is 514 g/mol. The van der Waals surface area contributed by atoms with E-state index in [0.29, 0.717) is 12.1 Å². The van der Waals surface area contributed by atoms with E-state index in [4.69, 9.17) is 0 Å². The third-order valence-corrected chi connectivity index (χ3v) is 5.44. The van der Waals surface area contributed by atoms with Crippen molar-refractivity contribution in [1.29, 1.82) is 0 Å². The molecule has 5 nitrogen and oxygen atoms in total. The fraction of sp³-hybridized carbons (Fsp3) is 0.429. The van der Waals surface area contributed by atoms with Crippen LogP contribution in [-0.2, 0) is 19.5 Å². The maximum absolute atomic E-state index is 12.0. The van der Waals surface area contributed by atoms with Gasteiger partial charge in [-0.3, -0.25) is 9.79 Å². The Morgan fingerprint density at radius 2 is 1.64 bits per heavy atom. The summed E-state index contributed by atoms with van der Waals surface area (Å²) in [6.07, 6.45) is 3.15. The summed E-state index contributed by atoms with van der Waals surface area (Å²) < 4.78 is 0. The zero-order chi connectivity index (χ0) is 19.5.